The molecule has 0 fully saturated rings. The molecule has 6 nitrogen and oxygen atoms in total. The summed E-state index contributed by atoms with van der Waals surface area (Å²) in [6.07, 6.45) is 0. The molecule has 32 heavy (non-hydrogen) atoms. The van der Waals surface area contributed by atoms with E-state index in [0.29, 0.717) is 33.6 Å². The Kier molecular flexibility index (Phi) is 5.75. The highest BCUT2D eigenvalue weighted by atomic mass is 19.1. The number of anilines is 1. The van der Waals surface area contributed by atoms with E-state index in [1.165, 1.54) is 17.0 Å². The number of halogens is 1. The third-order valence-electron chi connectivity index (χ3n) is 5.22. The third-order valence-corrected chi connectivity index (χ3v) is 5.22. The van der Waals surface area contributed by atoms with Crippen LogP contribution in [0.4, 0.5) is 15.8 Å². The number of rotatable bonds is 5. The molecular formula is C25H23FN4O2. The summed E-state index contributed by atoms with van der Waals surface area (Å²) >= 11 is 0. The van der Waals surface area contributed by atoms with Crippen LogP contribution in [0.25, 0.3) is 10.9 Å². The van der Waals surface area contributed by atoms with Gasteiger partial charge in [-0.1, -0.05) is 30.3 Å². The van der Waals surface area contributed by atoms with Crippen LogP contribution in [-0.2, 0) is 4.79 Å². The van der Waals surface area contributed by atoms with E-state index in [-0.39, 0.29) is 11.8 Å². The molecule has 4 aromatic rings. The van der Waals surface area contributed by atoms with Gasteiger partial charge in [-0.15, -0.1) is 0 Å². The van der Waals surface area contributed by atoms with Gasteiger partial charge in [0.1, 0.15) is 5.82 Å². The second kappa shape index (κ2) is 8.64. The van der Waals surface area contributed by atoms with Crippen molar-refractivity contribution in [1.82, 2.24) is 4.98 Å². The summed E-state index contributed by atoms with van der Waals surface area (Å²) in [6, 6.07) is 20.3. The van der Waals surface area contributed by atoms with Gasteiger partial charge in [0.05, 0.1) is 28.5 Å². The van der Waals surface area contributed by atoms with E-state index < -0.39 is 11.9 Å². The summed E-state index contributed by atoms with van der Waals surface area (Å²) in [6.45, 7) is 1.64. The fourth-order valence-electron chi connectivity index (χ4n) is 3.57. The minimum Gasteiger partial charge on any atom is -0.494 e. The van der Waals surface area contributed by atoms with Gasteiger partial charge in [-0.2, -0.15) is 0 Å². The Hall–Kier alpha value is -3.97. The smallest absolute Gasteiger partial charge is 0.243 e. The average Bonchev–Trinajstić information content (AvgIpc) is 3.11. The summed E-state index contributed by atoms with van der Waals surface area (Å²) in [5, 5.41) is 11.3. The number of nitrogens with zero attached hydrogens (tertiary/aromatic N) is 2. The number of carbonyl (C=O) groups is 1. The Bertz CT molecular complexity index is 1300. The molecule has 0 aliphatic carbocycles. The maximum absolute atomic E-state index is 13.7. The second-order valence-corrected chi connectivity index (χ2v) is 7.57. The number of nitrogens with two attached hydrogens (primary N) is 1. The van der Waals surface area contributed by atoms with E-state index in [9.17, 15) is 14.3 Å². The quantitative estimate of drug-likeness (QED) is 0.407. The maximum atomic E-state index is 13.7. The van der Waals surface area contributed by atoms with Crippen LogP contribution in [0.5, 0.6) is 5.88 Å². The minimum absolute atomic E-state index is 0.0907. The number of likely N-dealkylation sites (N-methyl/N-ethyl adjacent to an activating group) is 1. The summed E-state index contributed by atoms with van der Waals surface area (Å²) in [5.74, 6) is -0.682. The molecule has 1 atom stereocenters. The number of amides is 1. The Balaban J connectivity index is 1.81. The number of nitrogens with one attached hydrogen (secondary N) is 1. The van der Waals surface area contributed by atoms with Crippen LogP contribution in [0.15, 0.2) is 77.8 Å². The molecule has 0 bridgehead atoms. The van der Waals surface area contributed by atoms with Crippen molar-refractivity contribution in [3.05, 3.63) is 89.7 Å². The highest BCUT2D eigenvalue weighted by Gasteiger charge is 2.19. The first-order valence-corrected chi connectivity index (χ1v) is 10.1. The normalized spacial score (nSPS) is 12.7. The van der Waals surface area contributed by atoms with Crippen molar-refractivity contribution in [3.63, 3.8) is 0 Å². The lowest BCUT2D eigenvalue weighted by Crippen LogP contribution is -2.39. The van der Waals surface area contributed by atoms with Crippen LogP contribution in [0.2, 0.25) is 0 Å². The molecule has 0 saturated carbocycles. The molecule has 7 heteroatoms. The van der Waals surface area contributed by atoms with E-state index in [1.807, 2.05) is 30.3 Å². The van der Waals surface area contributed by atoms with Crippen LogP contribution in [-0.4, -0.2) is 34.8 Å². The lowest BCUT2D eigenvalue weighted by Gasteiger charge is -2.19. The van der Waals surface area contributed by atoms with Crippen molar-refractivity contribution in [2.75, 3.05) is 11.9 Å². The van der Waals surface area contributed by atoms with Gasteiger partial charge in [-0.05, 0) is 49.4 Å². The molecule has 1 aromatic heterocycles. The van der Waals surface area contributed by atoms with Crippen molar-refractivity contribution >= 4 is 33.9 Å². The second-order valence-electron chi connectivity index (χ2n) is 7.57. The standard InChI is InChI=1S/C25H23FN4O2/c1-15(27)25(32)30(2)19-11-9-18(10-12-19)28-23(16-6-4-3-5-7-16)22-20-13-8-17(26)14-21(20)29-24(22)31/h3-15,29,31H,27H2,1-2H3. The lowest BCUT2D eigenvalue weighted by atomic mass is 10.0. The number of aromatic amines is 1. The molecule has 0 spiro atoms. The molecule has 1 unspecified atom stereocenters. The first-order chi connectivity index (χ1) is 15.3. The van der Waals surface area contributed by atoms with Crippen molar-refractivity contribution < 1.29 is 14.3 Å². The molecule has 0 aliphatic heterocycles. The zero-order valence-corrected chi connectivity index (χ0v) is 17.7. The van der Waals surface area contributed by atoms with Crippen LogP contribution < -0.4 is 10.6 Å². The number of aliphatic imine (C=N–C) groups is 1. The molecule has 4 N–H and O–H groups in total. The molecule has 3 aromatic carbocycles. The number of carbonyl (C=O) groups excluding carboxylic acids is 1. The monoisotopic (exact) mass is 430 g/mol. The van der Waals surface area contributed by atoms with Gasteiger partial charge in [-0.25, -0.2) is 9.38 Å². The molecule has 4 rings (SSSR count). The van der Waals surface area contributed by atoms with E-state index in [4.69, 9.17) is 10.7 Å². The molecular weight excluding hydrogens is 407 g/mol. The average molecular weight is 430 g/mol. The first kappa shape index (κ1) is 21.3. The number of aromatic nitrogens is 1. The van der Waals surface area contributed by atoms with Crippen molar-refractivity contribution in [3.8, 4) is 5.88 Å². The van der Waals surface area contributed by atoms with Gasteiger partial charge in [0.15, 0.2) is 5.88 Å². The highest BCUT2D eigenvalue weighted by Crippen LogP contribution is 2.32. The number of fused-ring (bicyclic) bond motifs is 1. The Morgan fingerprint density at radius 2 is 1.78 bits per heavy atom. The number of hydrogen-bond donors (Lipinski definition) is 3. The topological polar surface area (TPSA) is 94.7 Å². The van der Waals surface area contributed by atoms with Gasteiger partial charge < -0.3 is 20.7 Å². The predicted molar refractivity (Wildman–Crippen MR) is 125 cm³/mol. The summed E-state index contributed by atoms with van der Waals surface area (Å²) in [4.78, 5) is 21.3. The first-order valence-electron chi connectivity index (χ1n) is 10.1. The van der Waals surface area contributed by atoms with Gasteiger partial charge in [0.25, 0.3) is 0 Å². The summed E-state index contributed by atoms with van der Waals surface area (Å²) in [7, 11) is 1.67. The molecule has 0 aliphatic rings. The lowest BCUT2D eigenvalue weighted by molar-refractivity contribution is -0.119. The van der Waals surface area contributed by atoms with Gasteiger partial charge in [0, 0.05) is 23.7 Å². The molecule has 0 saturated heterocycles. The van der Waals surface area contributed by atoms with E-state index in [2.05, 4.69) is 4.98 Å². The van der Waals surface area contributed by atoms with Crippen LogP contribution in [0, 0.1) is 5.82 Å². The predicted octanol–water partition coefficient (Wildman–Crippen LogP) is 4.49. The summed E-state index contributed by atoms with van der Waals surface area (Å²) in [5.41, 5.74) is 9.31. The number of aromatic hydroxyl groups is 1. The largest absolute Gasteiger partial charge is 0.494 e. The Morgan fingerprint density at radius 3 is 2.44 bits per heavy atom. The van der Waals surface area contributed by atoms with Gasteiger partial charge in [-0.3, -0.25) is 4.79 Å². The van der Waals surface area contributed by atoms with E-state index in [1.54, 1.807) is 44.3 Å². The van der Waals surface area contributed by atoms with E-state index >= 15 is 0 Å². The van der Waals surface area contributed by atoms with Crippen molar-refractivity contribution in [2.24, 2.45) is 10.7 Å². The van der Waals surface area contributed by atoms with Crippen LogP contribution in [0.3, 0.4) is 0 Å². The van der Waals surface area contributed by atoms with Crippen LogP contribution in [0.1, 0.15) is 18.1 Å². The van der Waals surface area contributed by atoms with Crippen molar-refractivity contribution in [1.29, 1.82) is 0 Å². The van der Waals surface area contributed by atoms with E-state index in [0.717, 1.165) is 5.56 Å². The SMILES string of the molecule is CC(N)C(=O)N(C)c1ccc(N=C(c2ccccc2)c2c(O)[nH]c3cc(F)ccc23)cc1. The minimum atomic E-state index is -0.600. The third kappa shape index (κ3) is 4.10. The fraction of sp³-hybridized carbons (Fsp3) is 0.120. The highest BCUT2D eigenvalue weighted by molar-refractivity contribution is 6.21. The Labute approximate surface area is 184 Å². The fourth-order valence-corrected chi connectivity index (χ4v) is 3.57. The Morgan fingerprint density at radius 1 is 1.09 bits per heavy atom. The zero-order chi connectivity index (χ0) is 22.8. The number of H-pyrrole nitrogens is 1. The number of benzene rings is 3. The zero-order valence-electron chi connectivity index (χ0n) is 17.7. The number of hydrogen-bond acceptors (Lipinski definition) is 4. The molecule has 1 heterocycles. The van der Waals surface area contributed by atoms with Crippen LogP contribution >= 0.6 is 0 Å². The molecule has 0 radical (unpaired) electrons. The summed E-state index contributed by atoms with van der Waals surface area (Å²) < 4.78 is 13.7. The van der Waals surface area contributed by atoms with Gasteiger partial charge >= 0.3 is 0 Å². The van der Waals surface area contributed by atoms with Crippen molar-refractivity contribution in [2.45, 2.75) is 13.0 Å². The van der Waals surface area contributed by atoms with Gasteiger partial charge in [0.2, 0.25) is 5.91 Å². The molecule has 162 valence electrons. The maximum Gasteiger partial charge on any atom is 0.243 e. The molecule has 1 amide bonds.